The van der Waals surface area contributed by atoms with Gasteiger partial charge in [-0.3, -0.25) is 0 Å². The quantitative estimate of drug-likeness (QED) is 0.487. The number of hydrogen-bond donors (Lipinski definition) is 1. The van der Waals surface area contributed by atoms with Gasteiger partial charge < -0.3 is 13.9 Å². The number of fused-ring (bicyclic) bond motifs is 5. The first kappa shape index (κ1) is 10.2. The Labute approximate surface area is 106 Å². The molecule has 2 aromatic carbocycles. The Kier molecular flexibility index (Phi) is 1.82. The summed E-state index contributed by atoms with van der Waals surface area (Å²) in [4.78, 5) is 11.9. The molecule has 0 radical (unpaired) electrons. The maximum Gasteiger partial charge on any atom is 0.380 e. The number of furan rings is 1. The molecule has 0 aliphatic heterocycles. The molecule has 0 aliphatic carbocycles. The molecule has 0 saturated heterocycles. The van der Waals surface area contributed by atoms with Crippen molar-refractivity contribution in [2.24, 2.45) is 0 Å². The van der Waals surface area contributed by atoms with Crippen molar-refractivity contribution in [3.8, 4) is 5.75 Å². The van der Waals surface area contributed by atoms with Crippen LogP contribution < -0.4 is 5.63 Å². The number of phenolic OH excluding ortho intramolecular Hbond substituents is 1. The van der Waals surface area contributed by atoms with Crippen molar-refractivity contribution in [1.82, 2.24) is 0 Å². The number of benzene rings is 2. The molecule has 19 heavy (non-hydrogen) atoms. The second-order valence-corrected chi connectivity index (χ2v) is 4.37. The first-order valence-electron chi connectivity index (χ1n) is 5.81. The molecule has 0 bridgehead atoms. The Bertz CT molecular complexity index is 991. The Balaban J connectivity index is 2.40. The summed E-state index contributed by atoms with van der Waals surface area (Å²) in [6, 6.07) is 12.1. The number of rotatable bonds is 0. The van der Waals surface area contributed by atoms with Crippen LogP contribution in [-0.2, 0) is 0 Å². The van der Waals surface area contributed by atoms with Gasteiger partial charge in [-0.25, -0.2) is 4.79 Å². The van der Waals surface area contributed by atoms with Crippen molar-refractivity contribution in [1.29, 1.82) is 0 Å². The lowest BCUT2D eigenvalue weighted by Gasteiger charge is -1.98. The molecule has 4 rings (SSSR count). The van der Waals surface area contributed by atoms with E-state index in [4.69, 9.17) is 8.83 Å². The molecular weight excluding hydrogens is 244 g/mol. The third kappa shape index (κ3) is 1.31. The average molecular weight is 252 g/mol. The summed E-state index contributed by atoms with van der Waals surface area (Å²) >= 11 is 0. The van der Waals surface area contributed by atoms with Crippen LogP contribution in [0.5, 0.6) is 5.75 Å². The monoisotopic (exact) mass is 252 g/mol. The molecule has 0 atom stereocenters. The van der Waals surface area contributed by atoms with Crippen LogP contribution in [-0.4, -0.2) is 5.11 Å². The number of aromatic hydroxyl groups is 1. The van der Waals surface area contributed by atoms with Gasteiger partial charge in [0.05, 0.1) is 0 Å². The standard InChI is InChI=1S/C15H8O4/c16-8-5-6-10-12(7-8)19-15(17)14-13(10)9-3-1-2-4-11(9)18-14/h1-7,16H. The Hall–Kier alpha value is -2.75. The lowest BCUT2D eigenvalue weighted by atomic mass is 10.1. The largest absolute Gasteiger partial charge is 0.508 e. The summed E-state index contributed by atoms with van der Waals surface area (Å²) in [5, 5.41) is 11.8. The molecule has 2 heterocycles. The topological polar surface area (TPSA) is 63.6 Å². The van der Waals surface area contributed by atoms with E-state index in [1.54, 1.807) is 18.2 Å². The van der Waals surface area contributed by atoms with E-state index in [0.717, 1.165) is 16.2 Å². The molecule has 1 N–H and O–H groups in total. The predicted molar refractivity (Wildman–Crippen MR) is 71.4 cm³/mol. The molecule has 92 valence electrons. The molecule has 0 saturated carbocycles. The van der Waals surface area contributed by atoms with Crippen molar-refractivity contribution >= 4 is 32.9 Å². The van der Waals surface area contributed by atoms with Crippen LogP contribution in [0.2, 0.25) is 0 Å². The van der Waals surface area contributed by atoms with Crippen molar-refractivity contribution in [3.63, 3.8) is 0 Å². The summed E-state index contributed by atoms with van der Waals surface area (Å²) in [5.74, 6) is 0.0581. The van der Waals surface area contributed by atoms with Gasteiger partial charge in [-0.1, -0.05) is 18.2 Å². The zero-order valence-electron chi connectivity index (χ0n) is 9.71. The summed E-state index contributed by atoms with van der Waals surface area (Å²) in [6.45, 7) is 0. The van der Waals surface area contributed by atoms with Gasteiger partial charge in [0.25, 0.3) is 0 Å². The van der Waals surface area contributed by atoms with E-state index in [1.165, 1.54) is 6.07 Å². The second kappa shape index (κ2) is 3.38. The minimum atomic E-state index is -0.538. The Morgan fingerprint density at radius 2 is 1.68 bits per heavy atom. The first-order chi connectivity index (χ1) is 9.24. The lowest BCUT2D eigenvalue weighted by Crippen LogP contribution is -1.97. The van der Waals surface area contributed by atoms with Crippen LogP contribution in [0.4, 0.5) is 0 Å². The smallest absolute Gasteiger partial charge is 0.380 e. The second-order valence-electron chi connectivity index (χ2n) is 4.37. The third-order valence-electron chi connectivity index (χ3n) is 3.22. The molecule has 4 nitrogen and oxygen atoms in total. The predicted octanol–water partition coefficient (Wildman–Crippen LogP) is 3.40. The highest BCUT2D eigenvalue weighted by Gasteiger charge is 2.15. The molecule has 4 heteroatoms. The summed E-state index contributed by atoms with van der Waals surface area (Å²) in [7, 11) is 0. The SMILES string of the molecule is O=c1oc2cc(O)ccc2c2c1oc1ccccc12. The van der Waals surface area contributed by atoms with E-state index in [1.807, 2.05) is 18.2 Å². The lowest BCUT2D eigenvalue weighted by molar-refractivity contribution is 0.473. The van der Waals surface area contributed by atoms with Crippen LogP contribution in [0, 0.1) is 0 Å². The number of phenols is 1. The van der Waals surface area contributed by atoms with Crippen molar-refractivity contribution in [3.05, 3.63) is 52.9 Å². The number of hydrogen-bond acceptors (Lipinski definition) is 4. The van der Waals surface area contributed by atoms with Gasteiger partial charge in [0.2, 0.25) is 5.58 Å². The van der Waals surface area contributed by atoms with Gasteiger partial charge in [0.15, 0.2) is 0 Å². The van der Waals surface area contributed by atoms with Gasteiger partial charge >= 0.3 is 5.63 Å². The average Bonchev–Trinajstić information content (AvgIpc) is 2.79. The van der Waals surface area contributed by atoms with Crippen LogP contribution in [0.1, 0.15) is 0 Å². The van der Waals surface area contributed by atoms with Crippen LogP contribution in [0.3, 0.4) is 0 Å². The number of para-hydroxylation sites is 1. The van der Waals surface area contributed by atoms with Gasteiger partial charge in [0, 0.05) is 22.2 Å². The van der Waals surface area contributed by atoms with E-state index in [0.29, 0.717) is 11.2 Å². The summed E-state index contributed by atoms with van der Waals surface area (Å²) < 4.78 is 10.7. The zero-order chi connectivity index (χ0) is 13.0. The fourth-order valence-corrected chi connectivity index (χ4v) is 2.40. The fraction of sp³-hybridized carbons (Fsp3) is 0. The van der Waals surface area contributed by atoms with Crippen LogP contribution in [0.25, 0.3) is 32.9 Å². The van der Waals surface area contributed by atoms with E-state index < -0.39 is 5.63 Å². The van der Waals surface area contributed by atoms with E-state index in [9.17, 15) is 9.90 Å². The zero-order valence-corrected chi connectivity index (χ0v) is 9.71. The molecule has 2 aromatic heterocycles. The third-order valence-corrected chi connectivity index (χ3v) is 3.22. The van der Waals surface area contributed by atoms with E-state index in [2.05, 4.69) is 0 Å². The van der Waals surface area contributed by atoms with Crippen molar-refractivity contribution in [2.75, 3.05) is 0 Å². The molecule has 0 aliphatic rings. The summed E-state index contributed by atoms with van der Waals surface area (Å²) in [5.41, 5.74) is 0.665. The maximum absolute atomic E-state index is 11.9. The molecule has 0 fully saturated rings. The first-order valence-corrected chi connectivity index (χ1v) is 5.81. The Morgan fingerprint density at radius 3 is 2.58 bits per heavy atom. The molecule has 0 unspecified atom stereocenters. The Morgan fingerprint density at radius 1 is 0.895 bits per heavy atom. The highest BCUT2D eigenvalue weighted by atomic mass is 16.4. The molecule has 0 spiro atoms. The van der Waals surface area contributed by atoms with Crippen molar-refractivity contribution in [2.45, 2.75) is 0 Å². The summed E-state index contributed by atoms with van der Waals surface area (Å²) in [6.07, 6.45) is 0. The minimum absolute atomic E-state index is 0.0581. The van der Waals surface area contributed by atoms with Gasteiger partial charge in [0.1, 0.15) is 16.9 Å². The molecule has 4 aromatic rings. The van der Waals surface area contributed by atoms with Gasteiger partial charge in [-0.15, -0.1) is 0 Å². The van der Waals surface area contributed by atoms with E-state index in [-0.39, 0.29) is 11.3 Å². The highest BCUT2D eigenvalue weighted by molar-refractivity contribution is 6.17. The van der Waals surface area contributed by atoms with E-state index >= 15 is 0 Å². The molecule has 0 amide bonds. The normalized spacial score (nSPS) is 11.6. The van der Waals surface area contributed by atoms with Crippen LogP contribution in [0.15, 0.2) is 56.1 Å². The van der Waals surface area contributed by atoms with Crippen molar-refractivity contribution < 1.29 is 13.9 Å². The highest BCUT2D eigenvalue weighted by Crippen LogP contribution is 2.33. The minimum Gasteiger partial charge on any atom is -0.508 e. The molecular formula is C15H8O4. The van der Waals surface area contributed by atoms with Crippen LogP contribution >= 0.6 is 0 Å². The van der Waals surface area contributed by atoms with Gasteiger partial charge in [-0.05, 0) is 18.2 Å². The maximum atomic E-state index is 11.9. The van der Waals surface area contributed by atoms with Gasteiger partial charge in [-0.2, -0.15) is 0 Å². The fourth-order valence-electron chi connectivity index (χ4n) is 2.40.